The molecular weight excluding hydrogens is 412 g/mol. The summed E-state index contributed by atoms with van der Waals surface area (Å²) in [6.45, 7) is 1.70. The maximum atomic E-state index is 13.0. The molecule has 2 rings (SSSR count). The lowest BCUT2D eigenvalue weighted by molar-refractivity contribution is -0.385. The van der Waals surface area contributed by atoms with Crippen LogP contribution < -0.4 is 0 Å². The maximum absolute atomic E-state index is 13.0. The van der Waals surface area contributed by atoms with E-state index in [1.165, 1.54) is 6.07 Å². The summed E-state index contributed by atoms with van der Waals surface area (Å²) in [5, 5.41) is 30.5. The number of rotatable bonds is 11. The second-order valence-corrected chi connectivity index (χ2v) is 8.88. The molecule has 30 heavy (non-hydrogen) atoms. The van der Waals surface area contributed by atoms with Crippen molar-refractivity contribution in [1.29, 1.82) is 0 Å². The maximum Gasteiger partial charge on any atom is 0.322 e. The molecule has 0 bridgehead atoms. The minimum absolute atomic E-state index is 0.135. The number of phenols is 1. The van der Waals surface area contributed by atoms with Gasteiger partial charge in [0, 0.05) is 12.6 Å². The number of carboxylic acids is 1. The summed E-state index contributed by atoms with van der Waals surface area (Å²) >= 11 is 0. The van der Waals surface area contributed by atoms with E-state index in [-0.39, 0.29) is 24.3 Å². The lowest BCUT2D eigenvalue weighted by atomic mass is 10.0. The molecule has 0 amide bonds. The molecule has 0 spiro atoms. The van der Waals surface area contributed by atoms with Crippen molar-refractivity contribution in [2.24, 2.45) is 0 Å². The normalized spacial score (nSPS) is 12.6. The van der Waals surface area contributed by atoms with E-state index in [4.69, 9.17) is 0 Å². The van der Waals surface area contributed by atoms with Crippen molar-refractivity contribution in [3.05, 3.63) is 69.8 Å². The molecular formula is C20H24N2O7S. The van der Waals surface area contributed by atoms with E-state index in [1.54, 1.807) is 30.3 Å². The topological polar surface area (TPSA) is 138 Å². The molecule has 0 aromatic heterocycles. The Kier molecular flexibility index (Phi) is 7.90. The van der Waals surface area contributed by atoms with Crippen LogP contribution in [0.2, 0.25) is 0 Å². The van der Waals surface area contributed by atoms with E-state index in [0.29, 0.717) is 18.4 Å². The average Bonchev–Trinajstić information content (AvgIpc) is 2.70. The smallest absolute Gasteiger partial charge is 0.322 e. The van der Waals surface area contributed by atoms with Crippen LogP contribution in [-0.2, 0) is 27.8 Å². The molecule has 2 aromatic carbocycles. The van der Waals surface area contributed by atoms with Crippen LogP contribution >= 0.6 is 0 Å². The summed E-state index contributed by atoms with van der Waals surface area (Å²) in [6.07, 6.45) is 0.722. The zero-order valence-electron chi connectivity index (χ0n) is 16.5. The molecule has 2 aromatic rings. The Hall–Kier alpha value is -2.98. The van der Waals surface area contributed by atoms with Crippen LogP contribution in [0.3, 0.4) is 0 Å². The van der Waals surface area contributed by atoms with Crippen LogP contribution in [0.25, 0.3) is 0 Å². The number of aromatic hydroxyl groups is 1. The lowest BCUT2D eigenvalue weighted by Gasteiger charge is -2.28. The van der Waals surface area contributed by atoms with Gasteiger partial charge in [0.05, 0.1) is 10.7 Å². The molecule has 162 valence electrons. The number of sulfonamides is 1. The number of nitro benzene ring substituents is 1. The second kappa shape index (κ2) is 10.2. The minimum Gasteiger partial charge on any atom is -0.502 e. The number of nitrogens with zero attached hydrogens (tertiary/aromatic N) is 2. The van der Waals surface area contributed by atoms with E-state index in [1.807, 2.05) is 6.92 Å². The fraction of sp³-hybridized carbons (Fsp3) is 0.350. The highest BCUT2D eigenvalue weighted by Crippen LogP contribution is 2.28. The van der Waals surface area contributed by atoms with E-state index < -0.39 is 38.4 Å². The van der Waals surface area contributed by atoms with Crippen LogP contribution in [0.5, 0.6) is 5.75 Å². The number of hydrogen-bond acceptors (Lipinski definition) is 6. The zero-order valence-corrected chi connectivity index (χ0v) is 17.3. The number of hydrogen-bond donors (Lipinski definition) is 2. The number of phenolic OH excluding ortho intramolecular Hbond substituents is 1. The third-order valence-corrected chi connectivity index (χ3v) is 6.50. The van der Waals surface area contributed by atoms with Gasteiger partial charge in [0.25, 0.3) is 0 Å². The third kappa shape index (κ3) is 6.01. The Bertz CT molecular complexity index is 993. The minimum atomic E-state index is -3.91. The predicted octanol–water partition coefficient (Wildman–Crippen LogP) is 2.93. The number of nitro groups is 1. The molecule has 0 radical (unpaired) electrons. The Labute approximate surface area is 174 Å². The molecule has 0 saturated heterocycles. The molecule has 1 atom stereocenters. The highest BCUT2D eigenvalue weighted by molar-refractivity contribution is 7.89. The van der Waals surface area contributed by atoms with Crippen molar-refractivity contribution in [1.82, 2.24) is 4.31 Å². The Balaban J connectivity index is 2.44. The van der Waals surface area contributed by atoms with Crippen LogP contribution in [0.15, 0.2) is 48.5 Å². The SMILES string of the molecule is CCCCS(=O)(=O)N(Cc1ccccc1)[C@@H](Cc1ccc(O)c([N+](=O)[O-])c1)C(=O)O. The van der Waals surface area contributed by atoms with Gasteiger partial charge in [-0.15, -0.1) is 0 Å². The molecule has 0 aliphatic heterocycles. The Morgan fingerprint density at radius 1 is 1.17 bits per heavy atom. The summed E-state index contributed by atoms with van der Waals surface area (Å²) in [6, 6.07) is 10.7. The van der Waals surface area contributed by atoms with Crippen molar-refractivity contribution >= 4 is 21.7 Å². The van der Waals surface area contributed by atoms with Crippen molar-refractivity contribution in [3.63, 3.8) is 0 Å². The van der Waals surface area contributed by atoms with Gasteiger partial charge in [-0.1, -0.05) is 49.7 Å². The molecule has 0 saturated carbocycles. The van der Waals surface area contributed by atoms with Gasteiger partial charge in [-0.2, -0.15) is 4.31 Å². The van der Waals surface area contributed by atoms with Gasteiger partial charge >= 0.3 is 11.7 Å². The van der Waals surface area contributed by atoms with Gasteiger partial charge in [0.15, 0.2) is 5.75 Å². The van der Waals surface area contributed by atoms with Gasteiger partial charge in [-0.25, -0.2) is 8.42 Å². The van der Waals surface area contributed by atoms with Gasteiger partial charge < -0.3 is 10.2 Å². The number of carbonyl (C=O) groups is 1. The van der Waals surface area contributed by atoms with Gasteiger partial charge in [-0.3, -0.25) is 14.9 Å². The van der Waals surface area contributed by atoms with Crippen molar-refractivity contribution in [2.75, 3.05) is 5.75 Å². The predicted molar refractivity (Wildman–Crippen MR) is 111 cm³/mol. The molecule has 0 fully saturated rings. The summed E-state index contributed by atoms with van der Waals surface area (Å²) < 4.78 is 26.9. The standard InChI is InChI=1S/C20H24N2O7S/c1-2-3-11-30(28,29)21(14-15-7-5-4-6-8-15)18(20(24)25)13-16-9-10-19(23)17(12-16)22(26)27/h4-10,12,18,23H,2-3,11,13-14H2,1H3,(H,24,25)/t18-/m0/s1. The highest BCUT2D eigenvalue weighted by Gasteiger charge is 2.35. The highest BCUT2D eigenvalue weighted by atomic mass is 32.2. The lowest BCUT2D eigenvalue weighted by Crippen LogP contribution is -2.46. The summed E-state index contributed by atoms with van der Waals surface area (Å²) in [4.78, 5) is 22.3. The van der Waals surface area contributed by atoms with E-state index in [2.05, 4.69) is 0 Å². The van der Waals surface area contributed by atoms with E-state index >= 15 is 0 Å². The molecule has 0 heterocycles. The molecule has 0 aliphatic carbocycles. The van der Waals surface area contributed by atoms with E-state index in [0.717, 1.165) is 16.4 Å². The fourth-order valence-corrected chi connectivity index (χ4v) is 4.77. The van der Waals surface area contributed by atoms with Gasteiger partial charge in [0.1, 0.15) is 6.04 Å². The Morgan fingerprint density at radius 2 is 1.83 bits per heavy atom. The third-order valence-electron chi connectivity index (χ3n) is 4.59. The first-order valence-electron chi connectivity index (χ1n) is 9.38. The number of benzene rings is 2. The van der Waals surface area contributed by atoms with Crippen LogP contribution in [-0.4, -0.2) is 45.6 Å². The van der Waals surface area contributed by atoms with Crippen molar-refractivity contribution < 1.29 is 28.3 Å². The molecule has 10 heteroatoms. The van der Waals surface area contributed by atoms with Gasteiger partial charge in [-0.05, 0) is 30.0 Å². The number of unbranched alkanes of at least 4 members (excludes halogenated alkanes) is 1. The first-order valence-corrected chi connectivity index (χ1v) is 11.0. The number of aliphatic carboxylic acids is 1. The fourth-order valence-electron chi connectivity index (χ4n) is 2.99. The molecule has 0 aliphatic rings. The average molecular weight is 436 g/mol. The monoisotopic (exact) mass is 436 g/mol. The summed E-state index contributed by atoms with van der Waals surface area (Å²) in [5.74, 6) is -2.11. The quantitative estimate of drug-likeness (QED) is 0.408. The van der Waals surface area contributed by atoms with Crippen molar-refractivity contribution in [2.45, 2.75) is 38.8 Å². The van der Waals surface area contributed by atoms with Crippen LogP contribution in [0, 0.1) is 10.1 Å². The first kappa shape index (κ1) is 23.3. The zero-order chi connectivity index (χ0) is 22.3. The first-order chi connectivity index (χ1) is 14.2. The second-order valence-electron chi connectivity index (χ2n) is 6.84. The molecule has 2 N–H and O–H groups in total. The summed E-state index contributed by atoms with van der Waals surface area (Å²) in [7, 11) is -3.91. The largest absolute Gasteiger partial charge is 0.502 e. The molecule has 9 nitrogen and oxygen atoms in total. The number of carboxylic acid groups (broad SMARTS) is 1. The van der Waals surface area contributed by atoms with Gasteiger partial charge in [0.2, 0.25) is 10.0 Å². The van der Waals surface area contributed by atoms with Crippen LogP contribution in [0.1, 0.15) is 30.9 Å². The summed E-state index contributed by atoms with van der Waals surface area (Å²) in [5.41, 5.74) is 0.288. The van der Waals surface area contributed by atoms with E-state index in [9.17, 15) is 33.5 Å². The Morgan fingerprint density at radius 3 is 2.40 bits per heavy atom. The van der Waals surface area contributed by atoms with Crippen LogP contribution in [0.4, 0.5) is 5.69 Å². The van der Waals surface area contributed by atoms with Crippen molar-refractivity contribution in [3.8, 4) is 5.75 Å². The molecule has 0 unspecified atom stereocenters.